The van der Waals surface area contributed by atoms with Gasteiger partial charge in [-0.25, -0.2) is 0 Å². The Kier molecular flexibility index (Phi) is 4.81. The van der Waals surface area contributed by atoms with Crippen LogP contribution in [0.2, 0.25) is 5.02 Å². The molecule has 2 aromatic rings. The molecule has 0 aromatic heterocycles. The van der Waals surface area contributed by atoms with Crippen molar-refractivity contribution in [3.05, 3.63) is 59.1 Å². The lowest BCUT2D eigenvalue weighted by atomic mass is 9.90. The van der Waals surface area contributed by atoms with E-state index in [2.05, 4.69) is 0 Å². The predicted molar refractivity (Wildman–Crippen MR) is 84.7 cm³/mol. The zero-order valence-corrected chi connectivity index (χ0v) is 12.4. The maximum absolute atomic E-state index is 10.4. The number of benzene rings is 2. The summed E-state index contributed by atoms with van der Waals surface area (Å²) in [4.78, 5) is 0. The lowest BCUT2D eigenvalue weighted by Crippen LogP contribution is -2.22. The third-order valence-corrected chi connectivity index (χ3v) is 3.80. The van der Waals surface area contributed by atoms with Crippen molar-refractivity contribution < 1.29 is 5.11 Å². The van der Waals surface area contributed by atoms with Crippen molar-refractivity contribution in [1.82, 2.24) is 0 Å². The number of rotatable bonds is 5. The fourth-order valence-electron chi connectivity index (χ4n) is 2.25. The van der Waals surface area contributed by atoms with Crippen LogP contribution in [-0.4, -0.2) is 11.7 Å². The Balaban J connectivity index is 2.19. The number of hydrogen-bond donors (Lipinski definition) is 2. The summed E-state index contributed by atoms with van der Waals surface area (Å²) in [6.45, 7) is 2.43. The maximum Gasteiger partial charge on any atom is 0.0869 e. The number of nitrogens with two attached hydrogens (primary N) is 1. The fourth-order valence-corrected chi connectivity index (χ4v) is 2.38. The van der Waals surface area contributed by atoms with E-state index in [1.54, 1.807) is 0 Å². The van der Waals surface area contributed by atoms with Crippen LogP contribution < -0.4 is 5.73 Å². The second kappa shape index (κ2) is 6.40. The zero-order valence-electron chi connectivity index (χ0n) is 11.6. The molecular formula is C17H20ClNO. The van der Waals surface area contributed by atoms with Crippen LogP contribution in [0.15, 0.2) is 48.5 Å². The van der Waals surface area contributed by atoms with Gasteiger partial charge in [-0.15, -0.1) is 0 Å². The van der Waals surface area contributed by atoms with Crippen LogP contribution in [0.3, 0.4) is 0 Å². The molecular weight excluding hydrogens is 270 g/mol. The Hall–Kier alpha value is -1.35. The Bertz CT molecular complexity index is 546. The first-order chi connectivity index (χ1) is 9.53. The van der Waals surface area contributed by atoms with Crippen molar-refractivity contribution in [2.75, 3.05) is 6.54 Å². The van der Waals surface area contributed by atoms with Crippen molar-refractivity contribution in [1.29, 1.82) is 0 Å². The van der Waals surface area contributed by atoms with Gasteiger partial charge in [-0.2, -0.15) is 0 Å². The summed E-state index contributed by atoms with van der Waals surface area (Å²) >= 11 is 5.89. The first-order valence-electron chi connectivity index (χ1n) is 6.82. The molecule has 0 radical (unpaired) electrons. The average Bonchev–Trinajstić information content (AvgIpc) is 2.46. The highest BCUT2D eigenvalue weighted by Crippen LogP contribution is 2.28. The van der Waals surface area contributed by atoms with Crippen molar-refractivity contribution in [2.24, 2.45) is 5.73 Å². The summed E-state index contributed by atoms with van der Waals surface area (Å²) in [5, 5.41) is 11.2. The molecule has 2 aromatic carbocycles. The summed E-state index contributed by atoms with van der Waals surface area (Å²) in [7, 11) is 0. The van der Waals surface area contributed by atoms with E-state index in [1.165, 1.54) is 0 Å². The highest BCUT2D eigenvalue weighted by Gasteiger charge is 2.21. The van der Waals surface area contributed by atoms with Crippen LogP contribution >= 0.6 is 11.6 Å². The average molecular weight is 290 g/mol. The van der Waals surface area contributed by atoms with Gasteiger partial charge in [-0.3, -0.25) is 0 Å². The predicted octanol–water partition coefficient (Wildman–Crippen LogP) is 3.95. The van der Waals surface area contributed by atoms with E-state index in [4.69, 9.17) is 17.3 Å². The van der Waals surface area contributed by atoms with Crippen molar-refractivity contribution in [3.63, 3.8) is 0 Å². The van der Waals surface area contributed by atoms with Gasteiger partial charge >= 0.3 is 0 Å². The van der Waals surface area contributed by atoms with Crippen molar-refractivity contribution in [2.45, 2.75) is 25.4 Å². The van der Waals surface area contributed by atoms with Gasteiger partial charge in [0.2, 0.25) is 0 Å². The molecule has 0 fully saturated rings. The van der Waals surface area contributed by atoms with E-state index < -0.39 is 5.60 Å². The Morgan fingerprint density at radius 2 is 1.50 bits per heavy atom. The summed E-state index contributed by atoms with van der Waals surface area (Å²) in [5.74, 6) is 0. The Morgan fingerprint density at radius 1 is 1.00 bits per heavy atom. The molecule has 0 bridgehead atoms. The van der Waals surface area contributed by atoms with E-state index in [0.29, 0.717) is 13.0 Å². The smallest absolute Gasteiger partial charge is 0.0869 e. The van der Waals surface area contributed by atoms with Crippen LogP contribution in [0.5, 0.6) is 0 Å². The summed E-state index contributed by atoms with van der Waals surface area (Å²) in [6.07, 6.45) is 1.48. The topological polar surface area (TPSA) is 46.2 Å². The van der Waals surface area contributed by atoms with Gasteiger partial charge in [0, 0.05) is 5.02 Å². The SMILES string of the molecule is CC(O)(CCCN)c1ccc(-c2ccc(Cl)cc2)cc1. The van der Waals surface area contributed by atoms with Gasteiger partial charge in [0.05, 0.1) is 5.60 Å². The molecule has 0 saturated carbocycles. The van der Waals surface area contributed by atoms with Crippen LogP contribution in [0.4, 0.5) is 0 Å². The van der Waals surface area contributed by atoms with Crippen LogP contribution in [0, 0.1) is 0 Å². The molecule has 0 aliphatic rings. The van der Waals surface area contributed by atoms with Gasteiger partial charge in [0.15, 0.2) is 0 Å². The molecule has 1 unspecified atom stereocenters. The van der Waals surface area contributed by atoms with E-state index in [1.807, 2.05) is 55.5 Å². The standard InChI is InChI=1S/C17H20ClNO/c1-17(20,11-2-12-19)15-7-3-13(4-8-15)14-5-9-16(18)10-6-14/h3-10,20H,2,11-12,19H2,1H3. The van der Waals surface area contributed by atoms with E-state index in [-0.39, 0.29) is 0 Å². The van der Waals surface area contributed by atoms with Gasteiger partial charge in [0.1, 0.15) is 0 Å². The third-order valence-electron chi connectivity index (χ3n) is 3.55. The molecule has 0 aliphatic heterocycles. The van der Waals surface area contributed by atoms with E-state index in [9.17, 15) is 5.11 Å². The van der Waals surface area contributed by atoms with Gasteiger partial charge < -0.3 is 10.8 Å². The van der Waals surface area contributed by atoms with Crippen LogP contribution in [0.1, 0.15) is 25.3 Å². The summed E-state index contributed by atoms with van der Waals surface area (Å²) < 4.78 is 0. The number of hydrogen-bond acceptors (Lipinski definition) is 2. The molecule has 106 valence electrons. The summed E-state index contributed by atoms with van der Waals surface area (Å²) in [6, 6.07) is 15.7. The lowest BCUT2D eigenvalue weighted by molar-refractivity contribution is 0.0463. The van der Waals surface area contributed by atoms with Gasteiger partial charge in [-0.1, -0.05) is 48.0 Å². The van der Waals surface area contributed by atoms with E-state index in [0.717, 1.165) is 28.1 Å². The van der Waals surface area contributed by atoms with Crippen LogP contribution in [-0.2, 0) is 5.60 Å². The molecule has 0 aliphatic carbocycles. The third kappa shape index (κ3) is 3.60. The molecule has 0 heterocycles. The molecule has 0 saturated heterocycles. The second-order valence-electron chi connectivity index (χ2n) is 5.25. The lowest BCUT2D eigenvalue weighted by Gasteiger charge is -2.23. The number of aliphatic hydroxyl groups is 1. The maximum atomic E-state index is 10.4. The molecule has 2 nitrogen and oxygen atoms in total. The van der Waals surface area contributed by atoms with Gasteiger partial charge in [-0.05, 0) is 55.1 Å². The molecule has 0 amide bonds. The van der Waals surface area contributed by atoms with Crippen molar-refractivity contribution >= 4 is 11.6 Å². The Labute approximate surface area is 125 Å². The quantitative estimate of drug-likeness (QED) is 0.875. The monoisotopic (exact) mass is 289 g/mol. The largest absolute Gasteiger partial charge is 0.385 e. The first kappa shape index (κ1) is 15.0. The highest BCUT2D eigenvalue weighted by molar-refractivity contribution is 6.30. The molecule has 3 heteroatoms. The van der Waals surface area contributed by atoms with Gasteiger partial charge in [0.25, 0.3) is 0 Å². The van der Waals surface area contributed by atoms with Crippen molar-refractivity contribution in [3.8, 4) is 11.1 Å². The molecule has 0 spiro atoms. The molecule has 1 atom stereocenters. The minimum atomic E-state index is -0.822. The fraction of sp³-hybridized carbons (Fsp3) is 0.294. The molecule has 20 heavy (non-hydrogen) atoms. The summed E-state index contributed by atoms with van der Waals surface area (Å²) in [5.41, 5.74) is 7.83. The number of halogens is 1. The van der Waals surface area contributed by atoms with E-state index >= 15 is 0 Å². The highest BCUT2D eigenvalue weighted by atomic mass is 35.5. The normalized spacial score (nSPS) is 14.0. The minimum Gasteiger partial charge on any atom is -0.385 e. The zero-order chi connectivity index (χ0) is 14.6. The molecule has 2 rings (SSSR count). The minimum absolute atomic E-state index is 0.596. The first-order valence-corrected chi connectivity index (χ1v) is 7.20. The molecule has 3 N–H and O–H groups in total. The van der Waals surface area contributed by atoms with Crippen LogP contribution in [0.25, 0.3) is 11.1 Å². The second-order valence-corrected chi connectivity index (χ2v) is 5.69. The Morgan fingerprint density at radius 3 is 2.00 bits per heavy atom.